The maximum absolute atomic E-state index is 12.9. The summed E-state index contributed by atoms with van der Waals surface area (Å²) in [6, 6.07) is 25.8. The number of carbonyl (C=O) groups is 1. The summed E-state index contributed by atoms with van der Waals surface area (Å²) in [6.07, 6.45) is 0.866. The molecule has 1 aliphatic heterocycles. The van der Waals surface area contributed by atoms with Crippen LogP contribution in [-0.2, 0) is 36.1 Å². The summed E-state index contributed by atoms with van der Waals surface area (Å²) in [4.78, 5) is 20.3. The van der Waals surface area contributed by atoms with Gasteiger partial charge in [-0.3, -0.25) is 10.1 Å². The van der Waals surface area contributed by atoms with Crippen molar-refractivity contribution in [3.05, 3.63) is 112 Å². The topological polar surface area (TPSA) is 92.6 Å². The van der Waals surface area contributed by atoms with E-state index >= 15 is 0 Å². The van der Waals surface area contributed by atoms with Gasteiger partial charge in [-0.15, -0.1) is 0 Å². The highest BCUT2D eigenvalue weighted by Crippen LogP contribution is 2.25. The number of sulfonamides is 1. The molecule has 2 heterocycles. The number of rotatable bonds is 8. The lowest BCUT2D eigenvalue weighted by Gasteiger charge is -2.22. The second kappa shape index (κ2) is 10.7. The van der Waals surface area contributed by atoms with Crippen LogP contribution < -0.4 is 14.9 Å². The molecule has 0 aliphatic carbocycles. The molecule has 7 nitrogen and oxygen atoms in total. The average molecular weight is 520 g/mol. The van der Waals surface area contributed by atoms with E-state index in [1.165, 1.54) is 38.8 Å². The minimum Gasteiger partial charge on any atom is -0.326 e. The maximum Gasteiger partial charge on any atom is 0.257 e. The Morgan fingerprint density at radius 1 is 0.944 bits per heavy atom. The van der Waals surface area contributed by atoms with E-state index in [0.717, 1.165) is 37.3 Å². The van der Waals surface area contributed by atoms with E-state index < -0.39 is 10.0 Å². The van der Waals surface area contributed by atoms with Gasteiger partial charge >= 0.3 is 0 Å². The molecule has 9 heteroatoms. The number of nitrogens with zero attached hydrogens (tertiary/aromatic N) is 1. The van der Waals surface area contributed by atoms with E-state index in [1.807, 2.05) is 36.4 Å². The normalized spacial score (nSPS) is 15.3. The lowest BCUT2D eigenvalue weighted by Crippen LogP contribution is -3.10. The van der Waals surface area contributed by atoms with Gasteiger partial charge in [-0.1, -0.05) is 78.1 Å². The van der Waals surface area contributed by atoms with Gasteiger partial charge in [0.15, 0.2) is 5.13 Å². The summed E-state index contributed by atoms with van der Waals surface area (Å²) in [5.41, 5.74) is 3.46. The molecule has 3 N–H and O–H groups in total. The lowest BCUT2D eigenvalue weighted by molar-refractivity contribution is -0.929. The zero-order chi connectivity index (χ0) is 25.0. The van der Waals surface area contributed by atoms with Crippen molar-refractivity contribution in [3.8, 4) is 0 Å². The Morgan fingerprint density at radius 3 is 2.42 bits per heavy atom. The maximum atomic E-state index is 12.9. The summed E-state index contributed by atoms with van der Waals surface area (Å²) < 4.78 is 28.1. The molecule has 0 saturated heterocycles. The first-order valence-electron chi connectivity index (χ1n) is 11.8. The molecule has 1 unspecified atom stereocenters. The number of anilines is 1. The summed E-state index contributed by atoms with van der Waals surface area (Å²) >= 11 is 1.49. The monoisotopic (exact) mass is 519 g/mol. The van der Waals surface area contributed by atoms with Gasteiger partial charge < -0.3 is 4.90 Å². The number of fused-ring (bicyclic) bond motifs is 1. The van der Waals surface area contributed by atoms with Crippen molar-refractivity contribution in [1.82, 2.24) is 9.71 Å². The molecule has 0 bridgehead atoms. The van der Waals surface area contributed by atoms with Crippen LogP contribution in [0.25, 0.3) is 0 Å². The van der Waals surface area contributed by atoms with Crippen molar-refractivity contribution < 1.29 is 18.1 Å². The number of aromatic nitrogens is 1. The van der Waals surface area contributed by atoms with Gasteiger partial charge in [0.05, 0.1) is 22.0 Å². The molecule has 0 spiro atoms. The highest BCUT2D eigenvalue weighted by molar-refractivity contribution is 7.89. The minimum atomic E-state index is -3.77. The number of carbonyl (C=O) groups excluding carboxylic acids is 1. The fourth-order valence-electron chi connectivity index (χ4n) is 4.25. The number of thiazole rings is 1. The van der Waals surface area contributed by atoms with Gasteiger partial charge in [0.2, 0.25) is 10.0 Å². The van der Waals surface area contributed by atoms with E-state index in [1.54, 1.807) is 12.1 Å². The molecule has 0 fully saturated rings. The average Bonchev–Trinajstić information content (AvgIpc) is 3.30. The van der Waals surface area contributed by atoms with Crippen molar-refractivity contribution in [1.29, 1.82) is 0 Å². The number of hydrogen-bond acceptors (Lipinski definition) is 5. The summed E-state index contributed by atoms with van der Waals surface area (Å²) in [5.74, 6) is -0.380. The Hall–Kier alpha value is -3.37. The summed E-state index contributed by atoms with van der Waals surface area (Å²) in [6.45, 7) is 3.00. The molecule has 1 amide bonds. The molecule has 0 radical (unpaired) electrons. The fraction of sp³-hybridized carbons (Fsp3) is 0.185. The van der Waals surface area contributed by atoms with Crippen molar-refractivity contribution in [2.75, 3.05) is 11.9 Å². The predicted molar refractivity (Wildman–Crippen MR) is 140 cm³/mol. The molecule has 1 aromatic heterocycles. The van der Waals surface area contributed by atoms with E-state index in [9.17, 15) is 13.2 Å². The van der Waals surface area contributed by atoms with Crippen molar-refractivity contribution in [2.24, 2.45) is 0 Å². The molecule has 0 saturated carbocycles. The Morgan fingerprint density at radius 2 is 1.67 bits per heavy atom. The van der Waals surface area contributed by atoms with E-state index in [2.05, 4.69) is 39.3 Å². The van der Waals surface area contributed by atoms with Gasteiger partial charge in [0.1, 0.15) is 13.1 Å². The third kappa shape index (κ3) is 5.88. The standard InChI is InChI=1S/C27H26N4O3S2/c32-26(22-12-7-13-23(16-22)36(33,34)28-17-20-8-3-1-4-9-20)30-27-29-24-14-15-31(19-25(24)35-27)18-21-10-5-2-6-11-21/h1-13,16,28H,14-15,17-19H2,(H,29,30,32)/p+1. The molecule has 1 aliphatic rings. The number of quaternary nitrogens is 1. The smallest absolute Gasteiger partial charge is 0.257 e. The fourth-order valence-corrected chi connectivity index (χ4v) is 6.39. The van der Waals surface area contributed by atoms with Gasteiger partial charge in [-0.05, 0) is 23.8 Å². The zero-order valence-corrected chi connectivity index (χ0v) is 21.2. The molecule has 3 aromatic carbocycles. The van der Waals surface area contributed by atoms with Crippen LogP contribution in [-0.4, -0.2) is 25.9 Å². The number of benzene rings is 3. The SMILES string of the molecule is O=C(Nc1nc2c(s1)C[NH+](Cc1ccccc1)CC2)c1cccc(S(=O)(=O)NCc2ccccc2)c1. The van der Waals surface area contributed by atoms with Gasteiger partial charge in [-0.25, -0.2) is 18.1 Å². The molecule has 5 rings (SSSR count). The van der Waals surface area contributed by atoms with Crippen molar-refractivity contribution >= 4 is 32.4 Å². The Labute approximate surface area is 214 Å². The molecule has 184 valence electrons. The Balaban J connectivity index is 1.23. The molecular weight excluding hydrogens is 492 g/mol. The lowest BCUT2D eigenvalue weighted by atomic mass is 10.1. The van der Waals surface area contributed by atoms with Gasteiger partial charge in [0.25, 0.3) is 5.91 Å². The van der Waals surface area contributed by atoms with Crippen LogP contribution in [0.5, 0.6) is 0 Å². The molecular formula is C27H27N4O3S2+. The molecule has 36 heavy (non-hydrogen) atoms. The second-order valence-corrected chi connectivity index (χ2v) is 11.6. The Bertz CT molecular complexity index is 1450. The van der Waals surface area contributed by atoms with Crippen LogP contribution in [0.1, 0.15) is 32.1 Å². The Kier molecular flexibility index (Phi) is 7.24. The van der Waals surface area contributed by atoms with Gasteiger partial charge in [-0.2, -0.15) is 0 Å². The van der Waals surface area contributed by atoms with Crippen molar-refractivity contribution in [2.45, 2.75) is 31.0 Å². The van der Waals surface area contributed by atoms with E-state index in [4.69, 9.17) is 0 Å². The third-order valence-corrected chi connectivity index (χ3v) is 8.55. The minimum absolute atomic E-state index is 0.0460. The largest absolute Gasteiger partial charge is 0.326 e. The quantitative estimate of drug-likeness (QED) is 0.334. The zero-order valence-electron chi connectivity index (χ0n) is 19.6. The third-order valence-electron chi connectivity index (χ3n) is 6.14. The number of hydrogen-bond donors (Lipinski definition) is 3. The summed E-state index contributed by atoms with van der Waals surface area (Å²) in [5, 5.41) is 3.40. The van der Waals surface area contributed by atoms with Crippen LogP contribution in [0.2, 0.25) is 0 Å². The van der Waals surface area contributed by atoms with Crippen LogP contribution in [0.15, 0.2) is 89.8 Å². The first-order chi connectivity index (χ1) is 17.5. The van der Waals surface area contributed by atoms with Crippen LogP contribution in [0.4, 0.5) is 5.13 Å². The summed E-state index contributed by atoms with van der Waals surface area (Å²) in [7, 11) is -3.77. The first kappa shape index (κ1) is 24.3. The molecule has 4 aromatic rings. The number of nitrogens with one attached hydrogen (secondary N) is 3. The van der Waals surface area contributed by atoms with Crippen LogP contribution in [0, 0.1) is 0 Å². The van der Waals surface area contributed by atoms with Crippen LogP contribution in [0.3, 0.4) is 0 Å². The highest BCUT2D eigenvalue weighted by atomic mass is 32.2. The van der Waals surface area contributed by atoms with Gasteiger partial charge in [0, 0.05) is 24.1 Å². The highest BCUT2D eigenvalue weighted by Gasteiger charge is 2.25. The van der Waals surface area contributed by atoms with Crippen LogP contribution >= 0.6 is 11.3 Å². The predicted octanol–water partition coefficient (Wildman–Crippen LogP) is 3.02. The van der Waals surface area contributed by atoms with E-state index in [-0.39, 0.29) is 22.9 Å². The van der Waals surface area contributed by atoms with E-state index in [0.29, 0.717) is 5.13 Å². The second-order valence-electron chi connectivity index (χ2n) is 8.77. The number of amides is 1. The van der Waals surface area contributed by atoms with Crippen molar-refractivity contribution in [3.63, 3.8) is 0 Å². The molecule has 1 atom stereocenters. The first-order valence-corrected chi connectivity index (χ1v) is 14.1.